The highest BCUT2D eigenvalue weighted by Gasteiger charge is 2.25. The third-order valence-corrected chi connectivity index (χ3v) is 6.01. The van der Waals surface area contributed by atoms with E-state index in [-0.39, 0.29) is 11.5 Å². The van der Waals surface area contributed by atoms with Crippen LogP contribution in [0.5, 0.6) is 5.75 Å². The number of allylic oxidation sites excluding steroid dienone is 1. The van der Waals surface area contributed by atoms with Crippen molar-refractivity contribution in [2.24, 2.45) is 0 Å². The normalized spacial score (nSPS) is 15.4. The molecule has 0 saturated heterocycles. The van der Waals surface area contributed by atoms with E-state index in [2.05, 4.69) is 36.4 Å². The number of hydrogen-bond donors (Lipinski definition) is 1. The number of carbonyl (C=O) groups is 1. The molecule has 25 heavy (non-hydrogen) atoms. The number of rotatable bonds is 1. The van der Waals surface area contributed by atoms with Crippen molar-refractivity contribution < 1.29 is 9.90 Å². The largest absolute Gasteiger partial charge is 0.508 e. The zero-order valence-corrected chi connectivity index (χ0v) is 14.1. The molecular weight excluding hydrogens is 328 g/mol. The molecule has 0 unspecified atom stereocenters. The molecule has 0 spiro atoms. The van der Waals surface area contributed by atoms with Crippen molar-refractivity contribution in [2.45, 2.75) is 6.42 Å². The van der Waals surface area contributed by atoms with E-state index in [1.54, 1.807) is 29.5 Å². The minimum atomic E-state index is 0.0631. The van der Waals surface area contributed by atoms with Crippen LogP contribution in [0.3, 0.4) is 0 Å². The van der Waals surface area contributed by atoms with E-state index in [1.807, 2.05) is 12.1 Å². The minimum Gasteiger partial charge on any atom is -0.508 e. The fourth-order valence-corrected chi connectivity index (χ4v) is 4.78. The highest BCUT2D eigenvalue weighted by Crippen LogP contribution is 2.37. The summed E-state index contributed by atoms with van der Waals surface area (Å²) in [7, 11) is 0. The number of ketones is 1. The van der Waals surface area contributed by atoms with Crippen molar-refractivity contribution in [3.05, 3.63) is 82.9 Å². The van der Waals surface area contributed by atoms with Gasteiger partial charge in [-0.15, -0.1) is 11.3 Å². The predicted octanol–water partition coefficient (Wildman–Crippen LogP) is 5.58. The molecule has 3 heteroatoms. The zero-order valence-electron chi connectivity index (χ0n) is 13.3. The van der Waals surface area contributed by atoms with E-state index < -0.39 is 0 Å². The van der Waals surface area contributed by atoms with Gasteiger partial charge in [-0.1, -0.05) is 36.4 Å². The lowest BCUT2D eigenvalue weighted by Crippen LogP contribution is -1.95. The van der Waals surface area contributed by atoms with Gasteiger partial charge >= 0.3 is 0 Å². The fourth-order valence-electron chi connectivity index (χ4n) is 3.59. The summed E-state index contributed by atoms with van der Waals surface area (Å²) in [5.41, 5.74) is 3.47. The Bertz CT molecular complexity index is 1200. The summed E-state index contributed by atoms with van der Waals surface area (Å²) in [6.07, 6.45) is 2.58. The quantitative estimate of drug-likeness (QED) is 0.458. The Kier molecular flexibility index (Phi) is 3.06. The molecule has 0 amide bonds. The maximum absolute atomic E-state index is 12.7. The van der Waals surface area contributed by atoms with Gasteiger partial charge < -0.3 is 5.11 Å². The number of thiophene rings is 1. The summed E-state index contributed by atoms with van der Waals surface area (Å²) in [6, 6.07) is 19.6. The molecular formula is C22H14O2S. The number of phenolic OH excluding ortho intramolecular Hbond substituents is 1. The Balaban J connectivity index is 1.68. The summed E-state index contributed by atoms with van der Waals surface area (Å²) in [5, 5.41) is 12.1. The summed E-state index contributed by atoms with van der Waals surface area (Å²) >= 11 is 1.76. The average molecular weight is 342 g/mol. The average Bonchev–Trinajstić information content (AvgIpc) is 3.14. The van der Waals surface area contributed by atoms with Gasteiger partial charge in [0.25, 0.3) is 0 Å². The van der Waals surface area contributed by atoms with Crippen LogP contribution in [0.4, 0.5) is 0 Å². The van der Waals surface area contributed by atoms with Crippen molar-refractivity contribution in [2.75, 3.05) is 0 Å². The number of Topliss-reactive ketones (excluding diaryl/α,β-unsaturated/α-hetero) is 1. The Labute approximate surface area is 148 Å². The van der Waals surface area contributed by atoms with Gasteiger partial charge in [-0.25, -0.2) is 0 Å². The number of benzene rings is 3. The predicted molar refractivity (Wildman–Crippen MR) is 103 cm³/mol. The van der Waals surface area contributed by atoms with Gasteiger partial charge in [0.05, 0.1) is 0 Å². The first-order valence-corrected chi connectivity index (χ1v) is 9.00. The van der Waals surface area contributed by atoms with Crippen molar-refractivity contribution >= 4 is 43.4 Å². The molecule has 0 saturated carbocycles. The van der Waals surface area contributed by atoms with Crippen LogP contribution in [-0.4, -0.2) is 10.9 Å². The number of carbonyl (C=O) groups excluding carboxylic acids is 1. The molecule has 4 aromatic rings. The van der Waals surface area contributed by atoms with Crippen LogP contribution in [0.1, 0.15) is 21.5 Å². The van der Waals surface area contributed by atoms with E-state index in [9.17, 15) is 9.90 Å². The topological polar surface area (TPSA) is 37.3 Å². The summed E-state index contributed by atoms with van der Waals surface area (Å²) in [6.45, 7) is 0. The highest BCUT2D eigenvalue weighted by molar-refractivity contribution is 7.26. The Morgan fingerprint density at radius 1 is 0.960 bits per heavy atom. The molecule has 120 valence electrons. The maximum Gasteiger partial charge on any atom is 0.189 e. The van der Waals surface area contributed by atoms with Crippen molar-refractivity contribution in [3.8, 4) is 5.75 Å². The van der Waals surface area contributed by atoms with Crippen LogP contribution < -0.4 is 0 Å². The molecule has 1 aliphatic carbocycles. The third kappa shape index (κ3) is 2.20. The first-order chi connectivity index (χ1) is 12.2. The van der Waals surface area contributed by atoms with Gasteiger partial charge in [-0.2, -0.15) is 0 Å². The second kappa shape index (κ2) is 5.30. The molecule has 1 aromatic heterocycles. The number of fused-ring (bicyclic) bond motifs is 4. The van der Waals surface area contributed by atoms with Gasteiger partial charge in [-0.05, 0) is 41.5 Å². The monoisotopic (exact) mass is 342 g/mol. The van der Waals surface area contributed by atoms with Crippen LogP contribution in [-0.2, 0) is 6.42 Å². The summed E-state index contributed by atoms with van der Waals surface area (Å²) < 4.78 is 2.47. The van der Waals surface area contributed by atoms with Crippen molar-refractivity contribution in [1.82, 2.24) is 0 Å². The van der Waals surface area contributed by atoms with Crippen LogP contribution >= 0.6 is 11.3 Å². The molecule has 1 N–H and O–H groups in total. The van der Waals surface area contributed by atoms with E-state index >= 15 is 0 Å². The number of hydrogen-bond acceptors (Lipinski definition) is 3. The molecule has 5 rings (SSSR count). The van der Waals surface area contributed by atoms with Gasteiger partial charge in [-0.3, -0.25) is 4.79 Å². The first-order valence-electron chi connectivity index (χ1n) is 8.18. The number of aromatic hydroxyl groups is 1. The van der Waals surface area contributed by atoms with E-state index in [1.165, 1.54) is 20.2 Å². The van der Waals surface area contributed by atoms with Gasteiger partial charge in [0.1, 0.15) is 5.75 Å². The second-order valence-electron chi connectivity index (χ2n) is 6.34. The SMILES string of the molecule is O=C1C(=Cc2cccc3c2sc2ccccc23)Cc2cc(O)ccc21. The minimum absolute atomic E-state index is 0.0631. The van der Waals surface area contributed by atoms with E-state index in [0.717, 1.165) is 16.7 Å². The molecule has 0 bridgehead atoms. The van der Waals surface area contributed by atoms with Crippen LogP contribution in [0, 0.1) is 0 Å². The molecule has 0 radical (unpaired) electrons. The second-order valence-corrected chi connectivity index (χ2v) is 7.39. The van der Waals surface area contributed by atoms with Crippen molar-refractivity contribution in [1.29, 1.82) is 0 Å². The zero-order chi connectivity index (χ0) is 17.0. The molecule has 0 aliphatic heterocycles. The molecule has 3 aromatic carbocycles. The molecule has 1 heterocycles. The highest BCUT2D eigenvalue weighted by atomic mass is 32.1. The third-order valence-electron chi connectivity index (χ3n) is 4.77. The Hall–Kier alpha value is -2.91. The fraction of sp³-hybridized carbons (Fsp3) is 0.0455. The molecule has 0 fully saturated rings. The summed E-state index contributed by atoms with van der Waals surface area (Å²) in [4.78, 5) is 12.7. The number of phenols is 1. The van der Waals surface area contributed by atoms with Gasteiger partial charge in [0, 0.05) is 37.7 Å². The van der Waals surface area contributed by atoms with Gasteiger partial charge in [0.2, 0.25) is 0 Å². The maximum atomic E-state index is 12.7. The van der Waals surface area contributed by atoms with Crippen LogP contribution in [0.15, 0.2) is 66.2 Å². The first kappa shape index (κ1) is 14.4. The lowest BCUT2D eigenvalue weighted by atomic mass is 10.0. The smallest absolute Gasteiger partial charge is 0.189 e. The Morgan fingerprint density at radius 3 is 2.72 bits per heavy atom. The lowest BCUT2D eigenvalue weighted by molar-refractivity contribution is 0.104. The molecule has 1 aliphatic rings. The lowest BCUT2D eigenvalue weighted by Gasteiger charge is -1.99. The molecule has 2 nitrogen and oxygen atoms in total. The van der Waals surface area contributed by atoms with Crippen LogP contribution in [0.2, 0.25) is 0 Å². The van der Waals surface area contributed by atoms with E-state index in [0.29, 0.717) is 12.0 Å². The standard InChI is InChI=1S/C22H14O2S/c23-16-8-9-17-14(12-16)11-15(21(17)24)10-13-4-3-6-19-18-5-1-2-7-20(18)25-22(13)19/h1-10,12,23H,11H2. The van der Waals surface area contributed by atoms with Gasteiger partial charge in [0.15, 0.2) is 5.78 Å². The van der Waals surface area contributed by atoms with Crippen LogP contribution in [0.25, 0.3) is 26.2 Å². The molecule has 0 atom stereocenters. The summed E-state index contributed by atoms with van der Waals surface area (Å²) in [5.74, 6) is 0.271. The van der Waals surface area contributed by atoms with Crippen molar-refractivity contribution in [3.63, 3.8) is 0 Å². The Morgan fingerprint density at radius 2 is 1.80 bits per heavy atom. The van der Waals surface area contributed by atoms with E-state index in [4.69, 9.17) is 0 Å².